The van der Waals surface area contributed by atoms with Crippen LogP contribution in [-0.4, -0.2) is 41.2 Å². The molecule has 0 bridgehead atoms. The highest BCUT2D eigenvalue weighted by molar-refractivity contribution is 6.32. The van der Waals surface area contributed by atoms with Gasteiger partial charge in [-0.25, -0.2) is 4.79 Å². The molecule has 0 unspecified atom stereocenters. The van der Waals surface area contributed by atoms with Crippen molar-refractivity contribution in [3.05, 3.63) is 20.2 Å². The van der Waals surface area contributed by atoms with Gasteiger partial charge in [-0.2, -0.15) is 0 Å². The van der Waals surface area contributed by atoms with Crippen molar-refractivity contribution in [2.75, 3.05) is 13.2 Å². The smallest absolute Gasteiger partial charge is 0.374 e. The molecule has 0 saturated heterocycles. The van der Waals surface area contributed by atoms with Gasteiger partial charge in [0.1, 0.15) is 19.3 Å². The van der Waals surface area contributed by atoms with Gasteiger partial charge in [0.25, 0.3) is 10.2 Å². The number of rotatable bonds is 8. The van der Waals surface area contributed by atoms with Gasteiger partial charge in [0, 0.05) is 6.92 Å². The fourth-order valence-electron chi connectivity index (χ4n) is 0.638. The van der Waals surface area contributed by atoms with Crippen LogP contribution in [0.15, 0.2) is 0 Å². The fraction of sp³-hybridized carbons (Fsp3) is 0.667. The van der Waals surface area contributed by atoms with Crippen LogP contribution in [0.5, 0.6) is 0 Å². The van der Waals surface area contributed by atoms with Crippen LogP contribution in [0.25, 0.3) is 0 Å². The Morgan fingerprint density at radius 1 is 1.12 bits per heavy atom. The molecule has 0 N–H and O–H groups in total. The summed E-state index contributed by atoms with van der Waals surface area (Å²) in [5.41, 5.74) is 0. The zero-order valence-corrected chi connectivity index (χ0v) is 8.56. The van der Waals surface area contributed by atoms with Crippen LogP contribution in [0.3, 0.4) is 0 Å². The molecule has 0 aliphatic rings. The lowest BCUT2D eigenvalue weighted by molar-refractivity contribution is -0.768. The molecular formula is C6H8N2O9. The second kappa shape index (κ2) is 6.92. The van der Waals surface area contributed by atoms with Gasteiger partial charge in [0.2, 0.25) is 5.78 Å². The normalized spacial score (nSPS) is 9.53. The molecule has 0 amide bonds. The highest BCUT2D eigenvalue weighted by Gasteiger charge is 2.20. The molecule has 0 aliphatic carbocycles. The lowest BCUT2D eigenvalue weighted by Crippen LogP contribution is -2.32. The molecule has 0 fully saturated rings. The molecule has 0 aromatic rings. The van der Waals surface area contributed by atoms with Crippen LogP contribution in [0.4, 0.5) is 0 Å². The molecule has 17 heavy (non-hydrogen) atoms. The first-order valence-corrected chi connectivity index (χ1v) is 4.09. The first kappa shape index (κ1) is 14.5. The Kier molecular flexibility index (Phi) is 5.92. The van der Waals surface area contributed by atoms with Gasteiger partial charge in [-0.3, -0.25) is 4.79 Å². The Morgan fingerprint density at radius 3 is 1.82 bits per heavy atom. The molecule has 0 rings (SSSR count). The van der Waals surface area contributed by atoms with Crippen LogP contribution >= 0.6 is 0 Å². The molecular weight excluding hydrogens is 244 g/mol. The molecule has 11 nitrogen and oxygen atoms in total. The van der Waals surface area contributed by atoms with E-state index >= 15 is 0 Å². The quantitative estimate of drug-likeness (QED) is 0.227. The van der Waals surface area contributed by atoms with E-state index in [1.165, 1.54) is 0 Å². The van der Waals surface area contributed by atoms with Crippen molar-refractivity contribution in [2.45, 2.75) is 13.0 Å². The summed E-state index contributed by atoms with van der Waals surface area (Å²) >= 11 is 0. The Labute approximate surface area is 93.4 Å². The van der Waals surface area contributed by atoms with Gasteiger partial charge >= 0.3 is 5.97 Å². The van der Waals surface area contributed by atoms with E-state index in [9.17, 15) is 29.8 Å². The SMILES string of the molecule is CC(=O)C(=O)OC(CO[N+](=O)[O-])CO[N+](=O)[O-]. The summed E-state index contributed by atoms with van der Waals surface area (Å²) in [7, 11) is 0. The zero-order chi connectivity index (χ0) is 13.4. The van der Waals surface area contributed by atoms with Gasteiger partial charge in [-0.15, -0.1) is 20.2 Å². The van der Waals surface area contributed by atoms with E-state index < -0.39 is 41.2 Å². The van der Waals surface area contributed by atoms with E-state index in [1.807, 2.05) is 0 Å². The minimum absolute atomic E-state index is 0.778. The molecule has 0 aliphatic heterocycles. The van der Waals surface area contributed by atoms with Gasteiger partial charge in [0.15, 0.2) is 0 Å². The number of hydrogen-bond donors (Lipinski definition) is 0. The number of ketones is 1. The largest absolute Gasteiger partial charge is 0.453 e. The number of esters is 1. The number of ether oxygens (including phenoxy) is 1. The van der Waals surface area contributed by atoms with E-state index in [1.54, 1.807) is 0 Å². The minimum Gasteiger partial charge on any atom is -0.453 e. The van der Waals surface area contributed by atoms with Crippen molar-refractivity contribution in [3.63, 3.8) is 0 Å². The first-order chi connectivity index (χ1) is 7.82. The van der Waals surface area contributed by atoms with E-state index in [2.05, 4.69) is 14.4 Å². The third-order valence-electron chi connectivity index (χ3n) is 1.29. The van der Waals surface area contributed by atoms with Gasteiger partial charge in [-0.05, 0) is 0 Å². The number of hydrogen-bond acceptors (Lipinski definition) is 9. The lowest BCUT2D eigenvalue weighted by atomic mass is 10.4. The second-order valence-corrected chi connectivity index (χ2v) is 2.62. The van der Waals surface area contributed by atoms with Crippen LogP contribution < -0.4 is 0 Å². The first-order valence-electron chi connectivity index (χ1n) is 4.09. The maximum Gasteiger partial charge on any atom is 0.374 e. The van der Waals surface area contributed by atoms with Gasteiger partial charge in [0.05, 0.1) is 0 Å². The van der Waals surface area contributed by atoms with E-state index in [0.717, 1.165) is 6.92 Å². The molecule has 0 saturated carbocycles. The summed E-state index contributed by atoms with van der Waals surface area (Å²) in [5, 5.41) is 17.4. The van der Waals surface area contributed by atoms with Crippen molar-refractivity contribution in [1.29, 1.82) is 0 Å². The predicted octanol–water partition coefficient (Wildman–Crippen LogP) is -1.10. The summed E-state index contributed by atoms with van der Waals surface area (Å²) in [5.74, 6) is -2.26. The number of carbonyl (C=O) groups excluding carboxylic acids is 2. The predicted molar refractivity (Wildman–Crippen MR) is 46.5 cm³/mol. The fourth-order valence-corrected chi connectivity index (χ4v) is 0.638. The Balaban J connectivity index is 4.28. The molecule has 0 spiro atoms. The summed E-state index contributed by atoms with van der Waals surface area (Å²) in [6.45, 7) is -0.651. The van der Waals surface area contributed by atoms with Crippen molar-refractivity contribution in [1.82, 2.24) is 0 Å². The maximum absolute atomic E-state index is 10.8. The zero-order valence-electron chi connectivity index (χ0n) is 8.56. The molecule has 0 aromatic carbocycles. The highest BCUT2D eigenvalue weighted by atomic mass is 17.0. The third-order valence-corrected chi connectivity index (χ3v) is 1.29. The van der Waals surface area contributed by atoms with Crippen molar-refractivity contribution >= 4 is 11.8 Å². The van der Waals surface area contributed by atoms with E-state index in [-0.39, 0.29) is 0 Å². The van der Waals surface area contributed by atoms with Crippen molar-refractivity contribution in [3.8, 4) is 0 Å². The lowest BCUT2D eigenvalue weighted by Gasteiger charge is -2.14. The van der Waals surface area contributed by atoms with Crippen molar-refractivity contribution in [2.24, 2.45) is 0 Å². The monoisotopic (exact) mass is 252 g/mol. The molecule has 0 atom stereocenters. The average Bonchev–Trinajstić information content (AvgIpc) is 2.21. The average molecular weight is 252 g/mol. The summed E-state index contributed by atoms with van der Waals surface area (Å²) in [4.78, 5) is 48.8. The molecule has 0 aromatic heterocycles. The van der Waals surface area contributed by atoms with Crippen LogP contribution in [0.1, 0.15) is 6.92 Å². The Morgan fingerprint density at radius 2 is 1.53 bits per heavy atom. The molecule has 96 valence electrons. The van der Waals surface area contributed by atoms with Crippen LogP contribution in [0, 0.1) is 20.2 Å². The number of nitrogens with zero attached hydrogens (tertiary/aromatic N) is 2. The van der Waals surface area contributed by atoms with Crippen LogP contribution in [-0.2, 0) is 24.0 Å². The summed E-state index contributed by atoms with van der Waals surface area (Å²) < 4.78 is 4.37. The standard InChI is InChI=1S/C6H8N2O9/c1-4(9)6(10)17-5(2-15-7(11)12)3-16-8(13)14/h5H,2-3H2,1H3. The highest BCUT2D eigenvalue weighted by Crippen LogP contribution is 1.97. The van der Waals surface area contributed by atoms with Gasteiger partial charge < -0.3 is 14.4 Å². The van der Waals surface area contributed by atoms with E-state index in [0.29, 0.717) is 0 Å². The van der Waals surface area contributed by atoms with Crippen molar-refractivity contribution < 1.29 is 34.2 Å². The van der Waals surface area contributed by atoms with E-state index in [4.69, 9.17) is 0 Å². The minimum atomic E-state index is -1.43. The maximum atomic E-state index is 10.8. The molecule has 11 heteroatoms. The molecule has 0 heterocycles. The summed E-state index contributed by atoms with van der Waals surface area (Å²) in [6.07, 6.45) is -1.43. The molecule has 0 radical (unpaired) electrons. The van der Waals surface area contributed by atoms with Gasteiger partial charge in [-0.1, -0.05) is 0 Å². The second-order valence-electron chi connectivity index (χ2n) is 2.62. The number of Topliss-reactive ketones (excluding diaryl/α,β-unsaturated/α-hetero) is 1. The Bertz CT molecular complexity index is 309. The number of carbonyl (C=O) groups is 2. The Hall–Kier alpha value is -2.46. The van der Waals surface area contributed by atoms with Crippen LogP contribution in [0.2, 0.25) is 0 Å². The topological polar surface area (TPSA) is 148 Å². The summed E-state index contributed by atoms with van der Waals surface area (Å²) in [6, 6.07) is 0. The third kappa shape index (κ3) is 7.47.